The van der Waals surface area contributed by atoms with E-state index in [1.165, 1.54) is 20.2 Å². The maximum atomic E-state index is 4.63. The molecule has 0 saturated carbocycles. The van der Waals surface area contributed by atoms with Crippen LogP contribution in [-0.4, -0.2) is 17.5 Å². The highest BCUT2D eigenvalue weighted by atomic mass is 32.2. The summed E-state index contributed by atoms with van der Waals surface area (Å²) in [6.45, 7) is 0. The number of rotatable bonds is 4. The largest absolute Gasteiger partial charge is 0.229 e. The molecule has 0 N–H and O–H groups in total. The van der Waals surface area contributed by atoms with E-state index in [-0.39, 0.29) is 0 Å². The van der Waals surface area contributed by atoms with Crippen LogP contribution >= 0.6 is 47.5 Å². The first-order chi connectivity index (χ1) is 10.7. The number of thiazole rings is 1. The Hall–Kier alpha value is -0.880. The number of aromatic nitrogens is 1. The summed E-state index contributed by atoms with van der Waals surface area (Å²) in [5.41, 5.74) is 3.34. The van der Waals surface area contributed by atoms with E-state index < -0.39 is 0 Å². The van der Waals surface area contributed by atoms with Gasteiger partial charge in [0, 0.05) is 15.4 Å². The molecule has 0 saturated heterocycles. The summed E-state index contributed by atoms with van der Waals surface area (Å²) in [5, 5.41) is 0. The molecule has 0 radical (unpaired) electrons. The van der Waals surface area contributed by atoms with E-state index in [9.17, 15) is 0 Å². The van der Waals surface area contributed by atoms with E-state index in [0.29, 0.717) is 0 Å². The van der Waals surface area contributed by atoms with Crippen LogP contribution < -0.4 is 0 Å². The summed E-state index contributed by atoms with van der Waals surface area (Å²) in [6, 6.07) is 17.2. The maximum Gasteiger partial charge on any atom is 0.148 e. The molecule has 0 bridgehead atoms. The second kappa shape index (κ2) is 7.13. The molecule has 0 aliphatic rings. The summed E-state index contributed by atoms with van der Waals surface area (Å²) >= 11 is 9.58. The number of hydrogen-bond donors (Lipinski definition) is 1. The SMILES string of the molecule is CSc1ccc(-c2nc(S)sc2-c2ccc(SC)cc2)cc1. The van der Waals surface area contributed by atoms with Gasteiger partial charge in [0.1, 0.15) is 4.34 Å². The second-order valence-corrected chi connectivity index (χ2v) is 8.12. The molecule has 0 aliphatic heterocycles. The maximum absolute atomic E-state index is 4.63. The van der Waals surface area contributed by atoms with Crippen LogP contribution in [0.15, 0.2) is 62.7 Å². The summed E-state index contributed by atoms with van der Waals surface area (Å²) in [6.07, 6.45) is 4.18. The zero-order valence-electron chi connectivity index (χ0n) is 12.2. The van der Waals surface area contributed by atoms with Crippen LogP contribution in [0.3, 0.4) is 0 Å². The van der Waals surface area contributed by atoms with Gasteiger partial charge in [0.15, 0.2) is 0 Å². The van der Waals surface area contributed by atoms with Gasteiger partial charge in [0.05, 0.1) is 10.6 Å². The molecule has 112 valence electrons. The monoisotopic (exact) mass is 361 g/mol. The van der Waals surface area contributed by atoms with Crippen molar-refractivity contribution in [2.24, 2.45) is 0 Å². The first kappa shape index (κ1) is 16.0. The van der Waals surface area contributed by atoms with Gasteiger partial charge in [-0.3, -0.25) is 0 Å². The van der Waals surface area contributed by atoms with Crippen LogP contribution in [0.1, 0.15) is 0 Å². The van der Waals surface area contributed by atoms with Crippen molar-refractivity contribution in [3.8, 4) is 21.7 Å². The second-order valence-electron chi connectivity index (χ2n) is 4.63. The van der Waals surface area contributed by atoms with E-state index >= 15 is 0 Å². The summed E-state index contributed by atoms with van der Waals surface area (Å²) in [5.74, 6) is 0. The highest BCUT2D eigenvalue weighted by Crippen LogP contribution is 2.38. The van der Waals surface area contributed by atoms with Crippen molar-refractivity contribution in [1.82, 2.24) is 4.98 Å². The lowest BCUT2D eigenvalue weighted by Crippen LogP contribution is -1.83. The molecule has 3 rings (SSSR count). The topological polar surface area (TPSA) is 12.9 Å². The molecule has 0 atom stereocenters. The molecule has 2 aromatic carbocycles. The number of hydrogen-bond acceptors (Lipinski definition) is 5. The molecule has 1 aromatic heterocycles. The molecule has 5 heteroatoms. The fourth-order valence-electron chi connectivity index (χ4n) is 2.19. The normalized spacial score (nSPS) is 10.9. The molecular formula is C17H15NS4. The highest BCUT2D eigenvalue weighted by molar-refractivity contribution is 7.98. The minimum absolute atomic E-state index is 0.799. The Morgan fingerprint density at radius 1 is 0.818 bits per heavy atom. The summed E-state index contributed by atoms with van der Waals surface area (Å²) in [7, 11) is 0. The first-order valence-electron chi connectivity index (χ1n) is 6.70. The van der Waals surface area contributed by atoms with E-state index in [2.05, 4.69) is 78.7 Å². The minimum atomic E-state index is 0.799. The van der Waals surface area contributed by atoms with Gasteiger partial charge >= 0.3 is 0 Å². The van der Waals surface area contributed by atoms with Crippen LogP contribution in [0.5, 0.6) is 0 Å². The Balaban J connectivity index is 2.04. The molecule has 0 unspecified atom stereocenters. The van der Waals surface area contributed by atoms with Gasteiger partial charge < -0.3 is 0 Å². The van der Waals surface area contributed by atoms with Crippen LogP contribution in [0.25, 0.3) is 21.7 Å². The van der Waals surface area contributed by atoms with Crippen molar-refractivity contribution >= 4 is 47.5 Å². The van der Waals surface area contributed by atoms with E-state index in [1.54, 1.807) is 34.9 Å². The lowest BCUT2D eigenvalue weighted by Gasteiger charge is -2.05. The van der Waals surface area contributed by atoms with Gasteiger partial charge in [-0.05, 0) is 42.3 Å². The Bertz CT molecular complexity index is 695. The molecule has 3 aromatic rings. The van der Waals surface area contributed by atoms with Crippen LogP contribution in [0.4, 0.5) is 0 Å². The van der Waals surface area contributed by atoms with Gasteiger partial charge in [0.2, 0.25) is 0 Å². The predicted octanol–water partition coefficient (Wildman–Crippen LogP) is 6.21. The van der Waals surface area contributed by atoms with E-state index in [0.717, 1.165) is 15.6 Å². The molecule has 22 heavy (non-hydrogen) atoms. The average molecular weight is 362 g/mol. The molecule has 0 fully saturated rings. The number of thioether (sulfide) groups is 2. The zero-order valence-corrected chi connectivity index (χ0v) is 15.6. The van der Waals surface area contributed by atoms with Gasteiger partial charge in [-0.2, -0.15) is 0 Å². The van der Waals surface area contributed by atoms with Gasteiger partial charge in [-0.1, -0.05) is 24.3 Å². The van der Waals surface area contributed by atoms with Gasteiger partial charge in [-0.15, -0.1) is 47.5 Å². The fraction of sp³-hybridized carbons (Fsp3) is 0.118. The van der Waals surface area contributed by atoms with Crippen molar-refractivity contribution in [2.45, 2.75) is 14.1 Å². The molecule has 0 spiro atoms. The third-order valence-corrected chi connectivity index (χ3v) is 6.10. The summed E-state index contributed by atoms with van der Waals surface area (Å²) < 4.78 is 0.799. The zero-order chi connectivity index (χ0) is 15.5. The molecule has 1 heterocycles. The number of benzene rings is 2. The van der Waals surface area contributed by atoms with Crippen molar-refractivity contribution in [2.75, 3.05) is 12.5 Å². The third kappa shape index (κ3) is 3.38. The van der Waals surface area contributed by atoms with Crippen LogP contribution in [0, 0.1) is 0 Å². The van der Waals surface area contributed by atoms with Gasteiger partial charge in [-0.25, -0.2) is 4.98 Å². The number of nitrogens with zero attached hydrogens (tertiary/aromatic N) is 1. The molecule has 0 amide bonds. The Morgan fingerprint density at radius 3 is 1.82 bits per heavy atom. The lowest BCUT2D eigenvalue weighted by atomic mass is 10.1. The van der Waals surface area contributed by atoms with Crippen molar-refractivity contribution in [1.29, 1.82) is 0 Å². The molecule has 0 aliphatic carbocycles. The third-order valence-electron chi connectivity index (χ3n) is 3.33. The Labute approximate surface area is 149 Å². The van der Waals surface area contributed by atoms with Crippen molar-refractivity contribution in [3.05, 3.63) is 48.5 Å². The smallest absolute Gasteiger partial charge is 0.148 e. The summed E-state index contributed by atoms with van der Waals surface area (Å²) in [4.78, 5) is 8.33. The van der Waals surface area contributed by atoms with Crippen LogP contribution in [0.2, 0.25) is 0 Å². The molecule has 1 nitrogen and oxygen atoms in total. The standard InChI is InChI=1S/C17H15NS4/c1-20-13-7-3-11(4-8-13)15-16(22-17(19)18-15)12-5-9-14(21-2)10-6-12/h3-10H,1-2H3,(H,18,19). The highest BCUT2D eigenvalue weighted by Gasteiger charge is 2.13. The fourth-order valence-corrected chi connectivity index (χ4v) is 4.22. The first-order valence-corrected chi connectivity index (χ1v) is 10.4. The minimum Gasteiger partial charge on any atom is -0.229 e. The number of thiol groups is 1. The Kier molecular flexibility index (Phi) is 5.18. The van der Waals surface area contributed by atoms with Gasteiger partial charge in [0.25, 0.3) is 0 Å². The lowest BCUT2D eigenvalue weighted by molar-refractivity contribution is 1.26. The average Bonchev–Trinajstić information content (AvgIpc) is 2.97. The van der Waals surface area contributed by atoms with E-state index in [1.807, 2.05) is 0 Å². The van der Waals surface area contributed by atoms with Crippen molar-refractivity contribution in [3.63, 3.8) is 0 Å². The van der Waals surface area contributed by atoms with Crippen molar-refractivity contribution < 1.29 is 0 Å². The Morgan fingerprint density at radius 2 is 1.32 bits per heavy atom. The predicted molar refractivity (Wildman–Crippen MR) is 104 cm³/mol. The van der Waals surface area contributed by atoms with Crippen LogP contribution in [-0.2, 0) is 0 Å². The molecular weight excluding hydrogens is 346 g/mol. The van der Waals surface area contributed by atoms with E-state index in [4.69, 9.17) is 0 Å². The quantitative estimate of drug-likeness (QED) is 0.438.